The molecule has 2 aromatic carbocycles. The SMILES string of the molecule is CC(C)N=C(NO)c1cccnc1Oc1ccccc1OCc1ccccc1. The lowest BCUT2D eigenvalue weighted by Crippen LogP contribution is -2.22. The van der Waals surface area contributed by atoms with Gasteiger partial charge in [-0.1, -0.05) is 42.5 Å². The van der Waals surface area contributed by atoms with Crippen molar-refractivity contribution in [2.45, 2.75) is 26.5 Å². The number of aliphatic imine (C=N–C) groups is 1. The van der Waals surface area contributed by atoms with Crippen LogP contribution in [-0.2, 0) is 6.61 Å². The number of hydrogen-bond acceptors (Lipinski definition) is 5. The maximum absolute atomic E-state index is 9.49. The van der Waals surface area contributed by atoms with Crippen LogP contribution in [0.4, 0.5) is 0 Å². The highest BCUT2D eigenvalue weighted by molar-refractivity contribution is 6.00. The molecule has 3 aromatic rings. The molecule has 0 aliphatic heterocycles. The summed E-state index contributed by atoms with van der Waals surface area (Å²) in [6.45, 7) is 4.26. The lowest BCUT2D eigenvalue weighted by atomic mass is 10.2. The summed E-state index contributed by atoms with van der Waals surface area (Å²) in [6.07, 6.45) is 1.62. The Bertz CT molecular complexity index is 927. The first-order valence-corrected chi connectivity index (χ1v) is 9.04. The van der Waals surface area contributed by atoms with E-state index in [1.165, 1.54) is 0 Å². The largest absolute Gasteiger partial charge is 0.485 e. The standard InChI is InChI=1S/C22H23N3O3/c1-16(2)24-21(25-26)18-11-8-14-23-22(18)28-20-13-7-6-12-19(20)27-15-17-9-4-3-5-10-17/h3-14,16,26H,15H2,1-2H3,(H,24,25). The van der Waals surface area contributed by atoms with Gasteiger partial charge in [0, 0.05) is 12.2 Å². The van der Waals surface area contributed by atoms with E-state index in [1.807, 2.05) is 68.4 Å². The fourth-order valence-corrected chi connectivity index (χ4v) is 2.56. The monoisotopic (exact) mass is 377 g/mol. The fraction of sp³-hybridized carbons (Fsp3) is 0.182. The second-order valence-corrected chi connectivity index (χ2v) is 6.36. The first-order chi connectivity index (χ1) is 13.7. The molecule has 0 radical (unpaired) electrons. The van der Waals surface area contributed by atoms with E-state index in [-0.39, 0.29) is 6.04 Å². The van der Waals surface area contributed by atoms with Crippen molar-refractivity contribution < 1.29 is 14.7 Å². The Morgan fingerprint density at radius 1 is 1.00 bits per heavy atom. The Morgan fingerprint density at radius 2 is 1.71 bits per heavy atom. The molecule has 0 saturated carbocycles. The Labute approximate surface area is 164 Å². The second kappa shape index (κ2) is 9.53. The number of rotatable bonds is 7. The van der Waals surface area contributed by atoms with Gasteiger partial charge in [0.05, 0.1) is 5.56 Å². The fourth-order valence-electron chi connectivity index (χ4n) is 2.56. The molecule has 0 fully saturated rings. The molecule has 144 valence electrons. The summed E-state index contributed by atoms with van der Waals surface area (Å²) in [5.74, 6) is 1.74. The van der Waals surface area contributed by atoms with E-state index in [2.05, 4.69) is 15.5 Å². The van der Waals surface area contributed by atoms with Gasteiger partial charge in [-0.3, -0.25) is 15.7 Å². The number of amidine groups is 1. The van der Waals surface area contributed by atoms with Gasteiger partial charge in [-0.05, 0) is 43.7 Å². The molecule has 6 nitrogen and oxygen atoms in total. The average Bonchev–Trinajstić information content (AvgIpc) is 2.72. The van der Waals surface area contributed by atoms with E-state index < -0.39 is 0 Å². The van der Waals surface area contributed by atoms with E-state index in [0.717, 1.165) is 5.56 Å². The maximum atomic E-state index is 9.49. The topological polar surface area (TPSA) is 76.0 Å². The first-order valence-electron chi connectivity index (χ1n) is 9.04. The first kappa shape index (κ1) is 19.4. The zero-order valence-corrected chi connectivity index (χ0v) is 15.9. The number of pyridine rings is 1. The van der Waals surface area contributed by atoms with Gasteiger partial charge in [0.2, 0.25) is 5.88 Å². The Balaban J connectivity index is 1.85. The molecule has 0 spiro atoms. The van der Waals surface area contributed by atoms with Crippen LogP contribution in [-0.4, -0.2) is 22.1 Å². The molecule has 28 heavy (non-hydrogen) atoms. The summed E-state index contributed by atoms with van der Waals surface area (Å²) in [5.41, 5.74) is 3.75. The molecule has 0 amide bonds. The normalized spacial score (nSPS) is 11.4. The summed E-state index contributed by atoms with van der Waals surface area (Å²) >= 11 is 0. The van der Waals surface area contributed by atoms with Crippen molar-refractivity contribution >= 4 is 5.84 Å². The summed E-state index contributed by atoms with van der Waals surface area (Å²) in [5, 5.41) is 9.49. The predicted octanol–water partition coefficient (Wildman–Crippen LogP) is 4.59. The van der Waals surface area contributed by atoms with Crippen molar-refractivity contribution in [1.82, 2.24) is 10.5 Å². The van der Waals surface area contributed by atoms with Crippen molar-refractivity contribution in [3.63, 3.8) is 0 Å². The Kier molecular flexibility index (Phi) is 6.59. The molecule has 6 heteroatoms. The lowest BCUT2D eigenvalue weighted by Gasteiger charge is -2.15. The molecular weight excluding hydrogens is 354 g/mol. The number of hydrogen-bond donors (Lipinski definition) is 2. The van der Waals surface area contributed by atoms with Crippen LogP contribution in [0.3, 0.4) is 0 Å². The Hall–Kier alpha value is -3.38. The highest BCUT2D eigenvalue weighted by atomic mass is 16.5. The molecule has 0 bridgehead atoms. The molecule has 0 atom stereocenters. The summed E-state index contributed by atoms with van der Waals surface area (Å²) in [7, 11) is 0. The van der Waals surface area contributed by atoms with Gasteiger partial charge >= 0.3 is 0 Å². The molecule has 0 aliphatic rings. The number of ether oxygens (including phenoxy) is 2. The van der Waals surface area contributed by atoms with Crippen molar-refractivity contribution in [1.29, 1.82) is 0 Å². The number of nitrogens with one attached hydrogen (secondary N) is 1. The van der Waals surface area contributed by atoms with Crippen molar-refractivity contribution in [3.8, 4) is 17.4 Å². The van der Waals surface area contributed by atoms with Crippen LogP contribution < -0.4 is 15.0 Å². The molecule has 3 rings (SSSR count). The van der Waals surface area contributed by atoms with Crippen LogP contribution in [0, 0.1) is 0 Å². The second-order valence-electron chi connectivity index (χ2n) is 6.36. The zero-order valence-electron chi connectivity index (χ0n) is 15.9. The van der Waals surface area contributed by atoms with E-state index in [9.17, 15) is 5.21 Å². The Morgan fingerprint density at radius 3 is 2.43 bits per heavy atom. The van der Waals surface area contributed by atoms with E-state index in [4.69, 9.17) is 9.47 Å². The average molecular weight is 377 g/mol. The minimum Gasteiger partial charge on any atom is -0.485 e. The molecule has 2 N–H and O–H groups in total. The molecule has 0 aliphatic carbocycles. The highest BCUT2D eigenvalue weighted by Crippen LogP contribution is 2.32. The number of para-hydroxylation sites is 2. The minimum atomic E-state index is -0.0100. The zero-order chi connectivity index (χ0) is 19.8. The smallest absolute Gasteiger partial charge is 0.230 e. The van der Waals surface area contributed by atoms with Crippen molar-refractivity contribution in [3.05, 3.63) is 84.1 Å². The van der Waals surface area contributed by atoms with Crippen LogP contribution in [0.15, 0.2) is 77.9 Å². The van der Waals surface area contributed by atoms with Crippen LogP contribution in [0.2, 0.25) is 0 Å². The van der Waals surface area contributed by atoms with Crippen LogP contribution in [0.1, 0.15) is 25.0 Å². The molecule has 0 unspecified atom stereocenters. The van der Waals surface area contributed by atoms with Crippen molar-refractivity contribution in [2.24, 2.45) is 4.99 Å². The molecule has 1 heterocycles. The van der Waals surface area contributed by atoms with E-state index in [0.29, 0.717) is 35.4 Å². The van der Waals surface area contributed by atoms with Gasteiger partial charge in [-0.15, -0.1) is 0 Å². The lowest BCUT2D eigenvalue weighted by molar-refractivity contribution is 0.234. The van der Waals surface area contributed by atoms with Gasteiger partial charge in [0.15, 0.2) is 17.3 Å². The third-order valence-electron chi connectivity index (χ3n) is 3.81. The third-order valence-corrected chi connectivity index (χ3v) is 3.81. The van der Waals surface area contributed by atoms with Gasteiger partial charge in [-0.25, -0.2) is 4.98 Å². The number of aromatic nitrogens is 1. The summed E-state index contributed by atoms with van der Waals surface area (Å²) in [4.78, 5) is 8.67. The minimum absolute atomic E-state index is 0.0100. The van der Waals surface area contributed by atoms with E-state index >= 15 is 0 Å². The van der Waals surface area contributed by atoms with Crippen LogP contribution in [0.5, 0.6) is 17.4 Å². The number of hydroxylamine groups is 1. The van der Waals surface area contributed by atoms with Gasteiger partial charge in [0.1, 0.15) is 6.61 Å². The highest BCUT2D eigenvalue weighted by Gasteiger charge is 2.15. The number of nitrogens with zero attached hydrogens (tertiary/aromatic N) is 2. The van der Waals surface area contributed by atoms with Gasteiger partial charge < -0.3 is 9.47 Å². The quantitative estimate of drug-likeness (QED) is 0.358. The molecule has 1 aromatic heterocycles. The predicted molar refractivity (Wildman–Crippen MR) is 108 cm³/mol. The number of benzene rings is 2. The van der Waals surface area contributed by atoms with E-state index in [1.54, 1.807) is 18.3 Å². The van der Waals surface area contributed by atoms with Gasteiger partial charge in [0.25, 0.3) is 0 Å². The van der Waals surface area contributed by atoms with Gasteiger partial charge in [-0.2, -0.15) is 0 Å². The summed E-state index contributed by atoms with van der Waals surface area (Å²) < 4.78 is 12.0. The van der Waals surface area contributed by atoms with Crippen LogP contribution >= 0.6 is 0 Å². The van der Waals surface area contributed by atoms with Crippen molar-refractivity contribution in [2.75, 3.05) is 0 Å². The third kappa shape index (κ3) is 5.08. The van der Waals surface area contributed by atoms with Crippen LogP contribution in [0.25, 0.3) is 0 Å². The maximum Gasteiger partial charge on any atom is 0.230 e. The summed E-state index contributed by atoms with van der Waals surface area (Å²) in [6, 6.07) is 20.8. The molecular formula is C22H23N3O3. The molecule has 0 saturated heterocycles.